The lowest BCUT2D eigenvalue weighted by molar-refractivity contribution is 0.133. The Morgan fingerprint density at radius 3 is 2.22 bits per heavy atom. The molecule has 0 saturated heterocycles. The molecular formula is C16H33NO. The first-order valence-electron chi connectivity index (χ1n) is 7.75. The normalized spacial score (nSPS) is 20.7. The van der Waals surface area contributed by atoms with Crippen molar-refractivity contribution in [3.63, 3.8) is 0 Å². The molecule has 1 fully saturated rings. The summed E-state index contributed by atoms with van der Waals surface area (Å²) in [5.41, 5.74) is 0.412. The second-order valence-corrected chi connectivity index (χ2v) is 6.92. The van der Waals surface area contributed by atoms with E-state index in [1.54, 1.807) is 7.11 Å². The number of ether oxygens (including phenoxy) is 1. The lowest BCUT2D eigenvalue weighted by Gasteiger charge is -2.37. The van der Waals surface area contributed by atoms with E-state index in [1.165, 1.54) is 38.5 Å². The minimum atomic E-state index is 0.412. The highest BCUT2D eigenvalue weighted by molar-refractivity contribution is 4.83. The summed E-state index contributed by atoms with van der Waals surface area (Å²) in [7, 11) is 1.77. The topological polar surface area (TPSA) is 21.3 Å². The fourth-order valence-electron chi connectivity index (χ4n) is 3.33. The van der Waals surface area contributed by atoms with E-state index in [0.717, 1.165) is 31.5 Å². The Kier molecular flexibility index (Phi) is 7.25. The van der Waals surface area contributed by atoms with Gasteiger partial charge in [-0.15, -0.1) is 0 Å². The maximum atomic E-state index is 5.11. The van der Waals surface area contributed by atoms with Crippen LogP contribution in [0.15, 0.2) is 0 Å². The van der Waals surface area contributed by atoms with Crippen molar-refractivity contribution in [2.75, 3.05) is 26.8 Å². The standard InChI is InChI=1S/C16H33NO/c1-16(2,3)15(13-17-11-12-18-4)14-9-7-5-6-8-10-14/h14-15,17H,5-13H2,1-4H3. The second-order valence-electron chi connectivity index (χ2n) is 6.92. The SMILES string of the molecule is COCCNCC(C1CCCCCC1)C(C)(C)C. The van der Waals surface area contributed by atoms with Crippen molar-refractivity contribution in [3.05, 3.63) is 0 Å². The van der Waals surface area contributed by atoms with Gasteiger partial charge >= 0.3 is 0 Å². The Morgan fingerprint density at radius 1 is 1.11 bits per heavy atom. The molecule has 0 heterocycles. The molecule has 1 aliphatic rings. The quantitative estimate of drug-likeness (QED) is 0.575. The molecule has 0 aromatic heterocycles. The van der Waals surface area contributed by atoms with Crippen LogP contribution in [0.25, 0.3) is 0 Å². The molecule has 108 valence electrons. The maximum absolute atomic E-state index is 5.11. The van der Waals surface area contributed by atoms with Crippen molar-refractivity contribution >= 4 is 0 Å². The summed E-state index contributed by atoms with van der Waals surface area (Å²) in [4.78, 5) is 0. The van der Waals surface area contributed by atoms with Gasteiger partial charge in [0, 0.05) is 13.7 Å². The highest BCUT2D eigenvalue weighted by Crippen LogP contribution is 2.38. The fourth-order valence-corrected chi connectivity index (χ4v) is 3.33. The Morgan fingerprint density at radius 2 is 1.72 bits per heavy atom. The first-order chi connectivity index (χ1) is 8.55. The van der Waals surface area contributed by atoms with Crippen LogP contribution in [0.4, 0.5) is 0 Å². The molecule has 0 aromatic rings. The molecule has 1 unspecified atom stereocenters. The van der Waals surface area contributed by atoms with E-state index in [2.05, 4.69) is 26.1 Å². The van der Waals surface area contributed by atoms with Crippen molar-refractivity contribution < 1.29 is 4.74 Å². The predicted molar refractivity (Wildman–Crippen MR) is 78.9 cm³/mol. The summed E-state index contributed by atoms with van der Waals surface area (Å²) in [5.74, 6) is 1.72. The minimum Gasteiger partial charge on any atom is -0.383 e. The molecule has 2 heteroatoms. The molecule has 1 atom stereocenters. The third-order valence-electron chi connectivity index (χ3n) is 4.43. The number of rotatable bonds is 6. The highest BCUT2D eigenvalue weighted by atomic mass is 16.5. The van der Waals surface area contributed by atoms with Crippen LogP contribution in [0.2, 0.25) is 0 Å². The van der Waals surface area contributed by atoms with E-state index < -0.39 is 0 Å². The molecule has 1 N–H and O–H groups in total. The summed E-state index contributed by atoms with van der Waals surface area (Å²) < 4.78 is 5.11. The van der Waals surface area contributed by atoms with Crippen LogP contribution in [-0.4, -0.2) is 26.8 Å². The van der Waals surface area contributed by atoms with Crippen LogP contribution < -0.4 is 5.32 Å². The van der Waals surface area contributed by atoms with E-state index in [-0.39, 0.29) is 0 Å². The summed E-state index contributed by atoms with van der Waals surface area (Å²) >= 11 is 0. The fraction of sp³-hybridized carbons (Fsp3) is 1.00. The number of methoxy groups -OCH3 is 1. The zero-order valence-corrected chi connectivity index (χ0v) is 12.9. The van der Waals surface area contributed by atoms with Gasteiger partial charge in [-0.2, -0.15) is 0 Å². The maximum Gasteiger partial charge on any atom is 0.0587 e. The van der Waals surface area contributed by atoms with Gasteiger partial charge in [0.2, 0.25) is 0 Å². The number of nitrogens with one attached hydrogen (secondary N) is 1. The lowest BCUT2D eigenvalue weighted by Crippen LogP contribution is -2.38. The molecule has 0 aliphatic heterocycles. The van der Waals surface area contributed by atoms with Gasteiger partial charge in [0.1, 0.15) is 0 Å². The van der Waals surface area contributed by atoms with Crippen LogP contribution in [0.1, 0.15) is 59.3 Å². The van der Waals surface area contributed by atoms with Gasteiger partial charge in [-0.25, -0.2) is 0 Å². The summed E-state index contributed by atoms with van der Waals surface area (Å²) in [6, 6.07) is 0. The summed E-state index contributed by atoms with van der Waals surface area (Å²) in [5, 5.41) is 3.59. The number of hydrogen-bond donors (Lipinski definition) is 1. The van der Waals surface area contributed by atoms with Crippen molar-refractivity contribution in [3.8, 4) is 0 Å². The smallest absolute Gasteiger partial charge is 0.0587 e. The van der Waals surface area contributed by atoms with Gasteiger partial charge < -0.3 is 10.1 Å². The van der Waals surface area contributed by atoms with Crippen molar-refractivity contribution in [2.45, 2.75) is 59.3 Å². The molecule has 0 aromatic carbocycles. The van der Waals surface area contributed by atoms with Crippen molar-refractivity contribution in [1.82, 2.24) is 5.32 Å². The van der Waals surface area contributed by atoms with E-state index in [0.29, 0.717) is 5.41 Å². The first kappa shape index (κ1) is 16.0. The van der Waals surface area contributed by atoms with Crippen molar-refractivity contribution in [1.29, 1.82) is 0 Å². The Bertz CT molecular complexity index is 202. The number of hydrogen-bond acceptors (Lipinski definition) is 2. The Labute approximate surface area is 114 Å². The van der Waals surface area contributed by atoms with Gasteiger partial charge in [0.05, 0.1) is 6.61 Å². The van der Waals surface area contributed by atoms with Gasteiger partial charge in [-0.05, 0) is 23.8 Å². The van der Waals surface area contributed by atoms with Crippen LogP contribution in [-0.2, 0) is 4.74 Å². The third kappa shape index (κ3) is 5.71. The predicted octanol–water partition coefficient (Wildman–Crippen LogP) is 3.86. The second kappa shape index (κ2) is 8.16. The zero-order chi connectivity index (χ0) is 13.4. The molecule has 18 heavy (non-hydrogen) atoms. The molecule has 0 amide bonds. The molecule has 0 bridgehead atoms. The van der Waals surface area contributed by atoms with Crippen LogP contribution in [0.3, 0.4) is 0 Å². The lowest BCUT2D eigenvalue weighted by atomic mass is 9.70. The molecule has 1 aliphatic carbocycles. The van der Waals surface area contributed by atoms with E-state index in [4.69, 9.17) is 4.74 Å². The van der Waals surface area contributed by atoms with Gasteiger partial charge in [-0.1, -0.05) is 59.3 Å². The van der Waals surface area contributed by atoms with E-state index in [9.17, 15) is 0 Å². The van der Waals surface area contributed by atoms with Crippen LogP contribution >= 0.6 is 0 Å². The van der Waals surface area contributed by atoms with Crippen LogP contribution in [0.5, 0.6) is 0 Å². The summed E-state index contributed by atoms with van der Waals surface area (Å²) in [6.07, 6.45) is 8.65. The van der Waals surface area contributed by atoms with Crippen LogP contribution in [0, 0.1) is 17.3 Å². The average Bonchev–Trinajstić information content (AvgIpc) is 2.56. The monoisotopic (exact) mass is 255 g/mol. The largest absolute Gasteiger partial charge is 0.383 e. The van der Waals surface area contributed by atoms with Crippen molar-refractivity contribution in [2.24, 2.45) is 17.3 Å². The highest BCUT2D eigenvalue weighted by Gasteiger charge is 2.31. The Balaban J connectivity index is 2.48. The third-order valence-corrected chi connectivity index (χ3v) is 4.43. The van der Waals surface area contributed by atoms with Gasteiger partial charge in [-0.3, -0.25) is 0 Å². The molecule has 1 rings (SSSR count). The molecule has 0 spiro atoms. The first-order valence-corrected chi connectivity index (χ1v) is 7.75. The van der Waals surface area contributed by atoms with Gasteiger partial charge in [0.25, 0.3) is 0 Å². The minimum absolute atomic E-state index is 0.412. The molecular weight excluding hydrogens is 222 g/mol. The summed E-state index contributed by atoms with van der Waals surface area (Å²) in [6.45, 7) is 10.2. The molecule has 1 saturated carbocycles. The molecule has 2 nitrogen and oxygen atoms in total. The van der Waals surface area contributed by atoms with E-state index >= 15 is 0 Å². The van der Waals surface area contributed by atoms with Gasteiger partial charge in [0.15, 0.2) is 0 Å². The van der Waals surface area contributed by atoms with E-state index in [1.807, 2.05) is 0 Å². The Hall–Kier alpha value is -0.0800. The average molecular weight is 255 g/mol. The zero-order valence-electron chi connectivity index (χ0n) is 12.9. The molecule has 0 radical (unpaired) electrons.